The van der Waals surface area contributed by atoms with Crippen molar-refractivity contribution < 1.29 is 13.2 Å². The van der Waals surface area contributed by atoms with E-state index >= 15 is 0 Å². The number of sulfonamides is 1. The second kappa shape index (κ2) is 7.42. The van der Waals surface area contributed by atoms with Gasteiger partial charge in [-0.15, -0.1) is 11.3 Å². The second-order valence-corrected chi connectivity index (χ2v) is 8.40. The molecule has 0 saturated carbocycles. The molecule has 0 bridgehead atoms. The monoisotopic (exact) mass is 365 g/mol. The van der Waals surface area contributed by atoms with Gasteiger partial charge in [0.15, 0.2) is 0 Å². The van der Waals surface area contributed by atoms with Crippen molar-refractivity contribution in [3.8, 4) is 0 Å². The Hall–Kier alpha value is -1.77. The summed E-state index contributed by atoms with van der Waals surface area (Å²) in [5.74, 6) is -0.383. The van der Waals surface area contributed by atoms with E-state index in [1.54, 1.807) is 23.7 Å². The van der Waals surface area contributed by atoms with Gasteiger partial charge >= 0.3 is 0 Å². The standard InChI is InChI=1S/C16H19N3O3S2/c20-16(18-12-13-6-2-3-8-17-13)15-14(7-11-23-15)24(21,22)19-9-4-1-5-10-19/h2-3,6-8,11H,1,4-5,9-10,12H2,(H,18,20). The Kier molecular flexibility index (Phi) is 5.27. The molecule has 0 spiro atoms. The minimum absolute atomic E-state index is 0.105. The lowest BCUT2D eigenvalue weighted by molar-refractivity contribution is 0.0951. The molecule has 2 aromatic heterocycles. The lowest BCUT2D eigenvalue weighted by Gasteiger charge is -2.25. The first kappa shape index (κ1) is 17.1. The molecule has 1 amide bonds. The van der Waals surface area contributed by atoms with Gasteiger partial charge in [0.05, 0.1) is 12.2 Å². The van der Waals surface area contributed by atoms with Gasteiger partial charge in [-0.25, -0.2) is 8.42 Å². The maximum Gasteiger partial charge on any atom is 0.263 e. The summed E-state index contributed by atoms with van der Waals surface area (Å²) in [7, 11) is -3.61. The van der Waals surface area contributed by atoms with E-state index < -0.39 is 10.0 Å². The summed E-state index contributed by atoms with van der Waals surface area (Å²) in [6.45, 7) is 1.31. The summed E-state index contributed by atoms with van der Waals surface area (Å²) >= 11 is 1.15. The zero-order chi connectivity index (χ0) is 17.0. The van der Waals surface area contributed by atoms with E-state index in [9.17, 15) is 13.2 Å². The van der Waals surface area contributed by atoms with Crippen molar-refractivity contribution in [3.05, 3.63) is 46.4 Å². The average molecular weight is 365 g/mol. The fourth-order valence-electron chi connectivity index (χ4n) is 2.66. The number of hydrogen-bond acceptors (Lipinski definition) is 5. The largest absolute Gasteiger partial charge is 0.346 e. The molecule has 0 aromatic carbocycles. The molecular formula is C16H19N3O3S2. The Morgan fingerprint density at radius 1 is 1.21 bits per heavy atom. The summed E-state index contributed by atoms with van der Waals surface area (Å²) < 4.78 is 27.1. The van der Waals surface area contributed by atoms with Gasteiger partial charge in [0, 0.05) is 19.3 Å². The first-order chi connectivity index (χ1) is 11.6. The lowest BCUT2D eigenvalue weighted by Crippen LogP contribution is -2.36. The van der Waals surface area contributed by atoms with Crippen molar-refractivity contribution in [3.63, 3.8) is 0 Å². The van der Waals surface area contributed by atoms with Crippen molar-refractivity contribution >= 4 is 27.3 Å². The van der Waals surface area contributed by atoms with Gasteiger partial charge in [0.1, 0.15) is 9.77 Å². The molecule has 1 fully saturated rings. The molecule has 1 aliphatic heterocycles. The Morgan fingerprint density at radius 2 is 2.00 bits per heavy atom. The van der Waals surface area contributed by atoms with E-state index in [0.717, 1.165) is 36.3 Å². The normalized spacial score (nSPS) is 16.0. The molecule has 1 aliphatic rings. The maximum atomic E-state index is 12.8. The minimum Gasteiger partial charge on any atom is -0.346 e. The number of aromatic nitrogens is 1. The van der Waals surface area contributed by atoms with Gasteiger partial charge < -0.3 is 5.32 Å². The average Bonchev–Trinajstić information content (AvgIpc) is 3.12. The Balaban J connectivity index is 1.75. The number of nitrogens with one attached hydrogen (secondary N) is 1. The van der Waals surface area contributed by atoms with Crippen molar-refractivity contribution in [2.24, 2.45) is 0 Å². The predicted molar refractivity (Wildman–Crippen MR) is 92.3 cm³/mol. The number of carbonyl (C=O) groups is 1. The van der Waals surface area contributed by atoms with E-state index in [2.05, 4.69) is 10.3 Å². The van der Waals surface area contributed by atoms with Crippen molar-refractivity contribution in [2.75, 3.05) is 13.1 Å². The van der Waals surface area contributed by atoms with Crippen molar-refractivity contribution in [2.45, 2.75) is 30.7 Å². The van der Waals surface area contributed by atoms with Crippen LogP contribution in [0, 0.1) is 0 Å². The first-order valence-electron chi connectivity index (χ1n) is 7.85. The van der Waals surface area contributed by atoms with Crippen LogP contribution in [0.15, 0.2) is 40.7 Å². The van der Waals surface area contributed by atoms with Crippen LogP contribution in [-0.4, -0.2) is 36.7 Å². The van der Waals surface area contributed by atoms with Gasteiger partial charge in [0.25, 0.3) is 5.91 Å². The zero-order valence-electron chi connectivity index (χ0n) is 13.1. The number of rotatable bonds is 5. The highest BCUT2D eigenvalue weighted by Crippen LogP contribution is 2.27. The fourth-order valence-corrected chi connectivity index (χ4v) is 5.50. The van der Waals surface area contributed by atoms with E-state index in [1.165, 1.54) is 10.4 Å². The third kappa shape index (κ3) is 3.66. The molecule has 1 saturated heterocycles. The number of thiophene rings is 1. The summed E-state index contributed by atoms with van der Waals surface area (Å²) in [6.07, 6.45) is 4.43. The first-order valence-corrected chi connectivity index (χ1v) is 10.2. The van der Waals surface area contributed by atoms with Crippen LogP contribution in [0.1, 0.15) is 34.6 Å². The maximum absolute atomic E-state index is 12.8. The van der Waals surface area contributed by atoms with Crippen molar-refractivity contribution in [1.29, 1.82) is 0 Å². The third-order valence-corrected chi connectivity index (χ3v) is 6.91. The van der Waals surface area contributed by atoms with E-state index in [-0.39, 0.29) is 22.2 Å². The van der Waals surface area contributed by atoms with Crippen LogP contribution in [0.3, 0.4) is 0 Å². The quantitative estimate of drug-likeness (QED) is 0.881. The van der Waals surface area contributed by atoms with Gasteiger partial charge in [-0.3, -0.25) is 9.78 Å². The Bertz CT molecular complexity index is 797. The van der Waals surface area contributed by atoms with Crippen LogP contribution in [-0.2, 0) is 16.6 Å². The molecule has 0 aliphatic carbocycles. The molecule has 0 unspecified atom stereocenters. The van der Waals surface area contributed by atoms with Gasteiger partial charge in [-0.05, 0) is 36.4 Å². The van der Waals surface area contributed by atoms with Crippen LogP contribution >= 0.6 is 11.3 Å². The topological polar surface area (TPSA) is 79.4 Å². The van der Waals surface area contributed by atoms with E-state index in [4.69, 9.17) is 0 Å². The summed E-state index contributed by atoms with van der Waals surface area (Å²) in [5.41, 5.74) is 0.725. The molecule has 128 valence electrons. The van der Waals surface area contributed by atoms with Crippen LogP contribution < -0.4 is 5.32 Å². The highest BCUT2D eigenvalue weighted by molar-refractivity contribution is 7.89. The summed E-state index contributed by atoms with van der Waals surface area (Å²) in [4.78, 5) is 16.9. The molecule has 1 N–H and O–H groups in total. The second-order valence-electron chi connectivity index (χ2n) is 5.58. The minimum atomic E-state index is -3.61. The van der Waals surface area contributed by atoms with Gasteiger partial charge in [-0.2, -0.15) is 4.31 Å². The molecule has 8 heteroatoms. The summed E-state index contributed by atoms with van der Waals surface area (Å²) in [6, 6.07) is 6.96. The van der Waals surface area contributed by atoms with Crippen molar-refractivity contribution in [1.82, 2.24) is 14.6 Å². The fraction of sp³-hybridized carbons (Fsp3) is 0.375. The van der Waals surface area contributed by atoms with E-state index in [0.29, 0.717) is 13.1 Å². The number of hydrogen-bond donors (Lipinski definition) is 1. The van der Waals surface area contributed by atoms with Gasteiger partial charge in [-0.1, -0.05) is 12.5 Å². The molecular weight excluding hydrogens is 346 g/mol. The number of pyridine rings is 1. The predicted octanol–water partition coefficient (Wildman–Crippen LogP) is 2.25. The highest BCUT2D eigenvalue weighted by atomic mass is 32.2. The Morgan fingerprint density at radius 3 is 2.71 bits per heavy atom. The number of nitrogens with zero attached hydrogens (tertiary/aromatic N) is 2. The van der Waals surface area contributed by atoms with Crippen LogP contribution in [0.4, 0.5) is 0 Å². The van der Waals surface area contributed by atoms with Gasteiger partial charge in [0.2, 0.25) is 10.0 Å². The smallest absolute Gasteiger partial charge is 0.263 e. The molecule has 2 aromatic rings. The number of piperidine rings is 1. The molecule has 3 rings (SSSR count). The number of amides is 1. The SMILES string of the molecule is O=C(NCc1ccccn1)c1sccc1S(=O)(=O)N1CCCCC1. The third-order valence-electron chi connectivity index (χ3n) is 3.92. The van der Waals surface area contributed by atoms with E-state index in [1.807, 2.05) is 6.07 Å². The van der Waals surface area contributed by atoms with Crippen LogP contribution in [0.5, 0.6) is 0 Å². The Labute approximate surface area is 145 Å². The number of carbonyl (C=O) groups excluding carboxylic acids is 1. The molecule has 0 atom stereocenters. The van der Waals surface area contributed by atoms with Crippen LogP contribution in [0.25, 0.3) is 0 Å². The molecule has 3 heterocycles. The lowest BCUT2D eigenvalue weighted by atomic mass is 10.2. The molecule has 6 nitrogen and oxygen atoms in total. The summed E-state index contributed by atoms with van der Waals surface area (Å²) in [5, 5.41) is 4.39. The highest BCUT2D eigenvalue weighted by Gasteiger charge is 2.30. The zero-order valence-corrected chi connectivity index (χ0v) is 14.8. The van der Waals surface area contributed by atoms with Crippen LogP contribution in [0.2, 0.25) is 0 Å². The molecule has 24 heavy (non-hydrogen) atoms. The molecule has 0 radical (unpaired) electrons.